The number of hydrogen-bond acceptors (Lipinski definition) is 5. The molecule has 30 heavy (non-hydrogen) atoms. The third kappa shape index (κ3) is 3.91. The SMILES string of the molecule is COc1ccc(CC[C@]2(C)NC(=O)N(Cc3ncc(-c4ccccc4)o3)C2=O)cc1. The largest absolute Gasteiger partial charge is 0.497 e. The Kier molecular flexibility index (Phi) is 5.27. The molecule has 7 nitrogen and oxygen atoms in total. The maximum absolute atomic E-state index is 13.0. The molecule has 0 unspecified atom stereocenters. The molecule has 1 aromatic heterocycles. The Bertz CT molecular complexity index is 1050. The monoisotopic (exact) mass is 405 g/mol. The number of aryl methyl sites for hydroxylation is 1. The number of carbonyl (C=O) groups is 2. The minimum atomic E-state index is -0.966. The number of hydrogen-bond donors (Lipinski definition) is 1. The van der Waals surface area contributed by atoms with Crippen molar-refractivity contribution < 1.29 is 18.7 Å². The minimum Gasteiger partial charge on any atom is -0.497 e. The van der Waals surface area contributed by atoms with Gasteiger partial charge >= 0.3 is 6.03 Å². The minimum absolute atomic E-state index is 0.00434. The standard InChI is InChI=1S/C23H23N3O4/c1-23(13-12-16-8-10-18(29-2)11-9-16)21(27)26(22(28)25-23)15-20-24-14-19(30-20)17-6-4-3-5-7-17/h3-11,14H,12-13,15H2,1-2H3,(H,25,28)/t23-/m0/s1. The van der Waals surface area contributed by atoms with Crippen LogP contribution in [-0.4, -0.2) is 34.5 Å². The molecular weight excluding hydrogens is 382 g/mol. The van der Waals surface area contributed by atoms with Crippen LogP contribution in [0.4, 0.5) is 4.79 Å². The predicted octanol–water partition coefficient (Wildman–Crippen LogP) is 3.79. The van der Waals surface area contributed by atoms with Crippen LogP contribution in [0.2, 0.25) is 0 Å². The normalized spacial score (nSPS) is 18.5. The number of methoxy groups -OCH3 is 1. The first kappa shape index (κ1) is 19.7. The van der Waals surface area contributed by atoms with E-state index in [-0.39, 0.29) is 12.5 Å². The zero-order chi connectivity index (χ0) is 21.1. The molecule has 0 spiro atoms. The van der Waals surface area contributed by atoms with Gasteiger partial charge in [-0.2, -0.15) is 0 Å². The van der Waals surface area contributed by atoms with Gasteiger partial charge in [0.2, 0.25) is 5.89 Å². The maximum Gasteiger partial charge on any atom is 0.325 e. The highest BCUT2D eigenvalue weighted by atomic mass is 16.5. The second kappa shape index (κ2) is 8.02. The maximum atomic E-state index is 13.0. The number of ether oxygens (including phenoxy) is 1. The van der Waals surface area contributed by atoms with Gasteiger partial charge in [-0.15, -0.1) is 0 Å². The van der Waals surface area contributed by atoms with Gasteiger partial charge < -0.3 is 14.5 Å². The van der Waals surface area contributed by atoms with Gasteiger partial charge in [0.25, 0.3) is 5.91 Å². The Morgan fingerprint density at radius 1 is 1.10 bits per heavy atom. The van der Waals surface area contributed by atoms with Crippen molar-refractivity contribution in [2.45, 2.75) is 31.8 Å². The Balaban J connectivity index is 1.42. The van der Waals surface area contributed by atoms with Gasteiger partial charge in [0, 0.05) is 5.56 Å². The fourth-order valence-electron chi connectivity index (χ4n) is 3.50. The first-order valence-corrected chi connectivity index (χ1v) is 9.76. The molecule has 1 N–H and O–H groups in total. The average Bonchev–Trinajstić information content (AvgIpc) is 3.32. The number of carbonyl (C=O) groups excluding carboxylic acids is 2. The van der Waals surface area contributed by atoms with Gasteiger partial charge in [0.15, 0.2) is 5.76 Å². The highest BCUT2D eigenvalue weighted by Gasteiger charge is 2.47. The van der Waals surface area contributed by atoms with Crippen molar-refractivity contribution >= 4 is 11.9 Å². The van der Waals surface area contributed by atoms with Crippen molar-refractivity contribution in [3.63, 3.8) is 0 Å². The zero-order valence-corrected chi connectivity index (χ0v) is 16.9. The summed E-state index contributed by atoms with van der Waals surface area (Å²) in [7, 11) is 1.62. The molecular formula is C23H23N3O4. The van der Waals surface area contributed by atoms with Gasteiger partial charge in [-0.05, 0) is 37.5 Å². The Morgan fingerprint density at radius 3 is 2.53 bits per heavy atom. The molecule has 0 aliphatic carbocycles. The van der Waals surface area contributed by atoms with Crippen molar-refractivity contribution in [3.8, 4) is 17.1 Å². The van der Waals surface area contributed by atoms with Crippen molar-refractivity contribution in [3.05, 3.63) is 72.2 Å². The lowest BCUT2D eigenvalue weighted by Gasteiger charge is -2.21. The second-order valence-electron chi connectivity index (χ2n) is 7.49. The number of nitrogens with one attached hydrogen (secondary N) is 1. The summed E-state index contributed by atoms with van der Waals surface area (Å²) < 4.78 is 10.9. The molecule has 2 aromatic carbocycles. The lowest BCUT2D eigenvalue weighted by molar-refractivity contribution is -0.131. The summed E-state index contributed by atoms with van der Waals surface area (Å²) in [5.74, 6) is 1.42. The molecule has 1 atom stereocenters. The van der Waals surface area contributed by atoms with Gasteiger partial charge in [0.05, 0.1) is 13.3 Å². The molecule has 0 radical (unpaired) electrons. The highest BCUT2D eigenvalue weighted by molar-refractivity contribution is 6.06. The number of amides is 3. The quantitative estimate of drug-likeness (QED) is 0.605. The van der Waals surface area contributed by atoms with E-state index < -0.39 is 11.6 Å². The van der Waals surface area contributed by atoms with Gasteiger partial charge in [-0.25, -0.2) is 9.78 Å². The van der Waals surface area contributed by atoms with Crippen molar-refractivity contribution in [1.29, 1.82) is 0 Å². The molecule has 2 heterocycles. The lowest BCUT2D eigenvalue weighted by Crippen LogP contribution is -2.44. The summed E-state index contributed by atoms with van der Waals surface area (Å²) in [6, 6.07) is 16.8. The summed E-state index contributed by atoms with van der Waals surface area (Å²) in [6.07, 6.45) is 2.74. The number of urea groups is 1. The Morgan fingerprint density at radius 2 is 1.83 bits per heavy atom. The summed E-state index contributed by atoms with van der Waals surface area (Å²) in [5.41, 5.74) is 0.988. The Hall–Kier alpha value is -3.61. The van der Waals surface area contributed by atoms with E-state index >= 15 is 0 Å². The number of aromatic nitrogens is 1. The van der Waals surface area contributed by atoms with Crippen molar-refractivity contribution in [2.75, 3.05) is 7.11 Å². The summed E-state index contributed by atoms with van der Waals surface area (Å²) >= 11 is 0. The molecule has 1 aliphatic heterocycles. The number of benzene rings is 2. The van der Waals surface area contributed by atoms with Crippen LogP contribution in [0.5, 0.6) is 5.75 Å². The zero-order valence-electron chi connectivity index (χ0n) is 16.9. The summed E-state index contributed by atoms with van der Waals surface area (Å²) in [4.78, 5) is 30.9. The number of imide groups is 1. The van der Waals surface area contributed by atoms with Crippen LogP contribution in [0, 0.1) is 0 Å². The molecule has 3 amide bonds. The van der Waals surface area contributed by atoms with Crippen molar-refractivity contribution in [2.24, 2.45) is 0 Å². The molecule has 0 saturated carbocycles. The van der Waals surface area contributed by atoms with E-state index in [4.69, 9.17) is 9.15 Å². The van der Waals surface area contributed by atoms with Crippen LogP contribution in [-0.2, 0) is 17.8 Å². The fourth-order valence-corrected chi connectivity index (χ4v) is 3.50. The van der Waals surface area contributed by atoms with E-state index in [1.54, 1.807) is 20.2 Å². The third-order valence-electron chi connectivity index (χ3n) is 5.32. The Labute approximate surface area is 174 Å². The first-order chi connectivity index (χ1) is 14.5. The smallest absolute Gasteiger partial charge is 0.325 e. The van der Waals surface area contributed by atoms with E-state index in [0.29, 0.717) is 24.5 Å². The summed E-state index contributed by atoms with van der Waals surface area (Å²) in [5, 5.41) is 2.82. The van der Waals surface area contributed by atoms with E-state index in [9.17, 15) is 9.59 Å². The molecule has 1 aliphatic rings. The van der Waals surface area contributed by atoms with E-state index in [1.807, 2.05) is 54.6 Å². The molecule has 4 rings (SSSR count). The molecule has 1 saturated heterocycles. The van der Waals surface area contributed by atoms with Crippen LogP contribution in [0.3, 0.4) is 0 Å². The van der Waals surface area contributed by atoms with E-state index in [0.717, 1.165) is 21.8 Å². The van der Waals surface area contributed by atoms with E-state index in [1.165, 1.54) is 0 Å². The number of rotatable bonds is 7. The van der Waals surface area contributed by atoms with Crippen LogP contribution >= 0.6 is 0 Å². The van der Waals surface area contributed by atoms with E-state index in [2.05, 4.69) is 10.3 Å². The highest BCUT2D eigenvalue weighted by Crippen LogP contribution is 2.26. The number of nitrogens with zero attached hydrogens (tertiary/aromatic N) is 2. The van der Waals surface area contributed by atoms with Crippen LogP contribution in [0.15, 0.2) is 65.2 Å². The van der Waals surface area contributed by atoms with Crippen LogP contribution in [0.1, 0.15) is 24.8 Å². The van der Waals surface area contributed by atoms with Gasteiger partial charge in [0.1, 0.15) is 17.8 Å². The molecule has 1 fully saturated rings. The molecule has 3 aromatic rings. The lowest BCUT2D eigenvalue weighted by atomic mass is 9.93. The third-order valence-corrected chi connectivity index (χ3v) is 5.32. The second-order valence-corrected chi connectivity index (χ2v) is 7.49. The van der Waals surface area contributed by atoms with Gasteiger partial charge in [-0.1, -0.05) is 42.5 Å². The van der Waals surface area contributed by atoms with Crippen molar-refractivity contribution in [1.82, 2.24) is 15.2 Å². The first-order valence-electron chi connectivity index (χ1n) is 9.76. The fraction of sp³-hybridized carbons (Fsp3) is 0.261. The predicted molar refractivity (Wildman–Crippen MR) is 111 cm³/mol. The van der Waals surface area contributed by atoms with Gasteiger partial charge in [-0.3, -0.25) is 9.69 Å². The van der Waals surface area contributed by atoms with Crippen LogP contribution < -0.4 is 10.1 Å². The summed E-state index contributed by atoms with van der Waals surface area (Å²) in [6.45, 7) is 1.75. The molecule has 0 bridgehead atoms. The average molecular weight is 405 g/mol. The van der Waals surface area contributed by atoms with Crippen LogP contribution in [0.25, 0.3) is 11.3 Å². The number of oxazole rings is 1. The molecule has 154 valence electrons. The topological polar surface area (TPSA) is 84.7 Å². The molecule has 7 heteroatoms.